The second kappa shape index (κ2) is 5.17. The summed E-state index contributed by atoms with van der Waals surface area (Å²) in [5.74, 6) is -0.155. The van der Waals surface area contributed by atoms with E-state index >= 15 is 0 Å². The van der Waals surface area contributed by atoms with Crippen molar-refractivity contribution in [3.05, 3.63) is 59.2 Å². The lowest BCUT2D eigenvalue weighted by Crippen LogP contribution is -2.05. The Morgan fingerprint density at radius 2 is 1.95 bits per heavy atom. The maximum Gasteiger partial charge on any atom is 0.337 e. The summed E-state index contributed by atoms with van der Waals surface area (Å²) in [5.41, 5.74) is 4.15. The van der Waals surface area contributed by atoms with E-state index in [1.54, 1.807) is 12.1 Å². The quantitative estimate of drug-likeness (QED) is 0.791. The summed E-state index contributed by atoms with van der Waals surface area (Å²) in [6.45, 7) is 1.96. The Hall–Kier alpha value is -2.42. The second-order valence-corrected chi connectivity index (χ2v) is 5.38. The number of ketones is 1. The van der Waals surface area contributed by atoms with Crippen LogP contribution >= 0.6 is 0 Å². The number of ether oxygens (including phenoxy) is 1. The molecule has 1 aliphatic rings. The number of hydrogen-bond acceptors (Lipinski definition) is 3. The summed E-state index contributed by atoms with van der Waals surface area (Å²) in [6, 6.07) is 13.1. The van der Waals surface area contributed by atoms with Crippen LogP contribution in [0.3, 0.4) is 0 Å². The van der Waals surface area contributed by atoms with Gasteiger partial charge in [-0.05, 0) is 35.2 Å². The van der Waals surface area contributed by atoms with E-state index in [1.165, 1.54) is 7.11 Å². The third-order valence-electron chi connectivity index (χ3n) is 3.97. The highest BCUT2D eigenvalue weighted by molar-refractivity contribution is 6.07. The van der Waals surface area contributed by atoms with Crippen molar-refractivity contribution in [3.8, 4) is 11.1 Å². The van der Waals surface area contributed by atoms with E-state index in [0.717, 1.165) is 28.7 Å². The summed E-state index contributed by atoms with van der Waals surface area (Å²) in [7, 11) is 1.36. The molecule has 3 rings (SSSR count). The molecule has 0 aliphatic heterocycles. The summed E-state index contributed by atoms with van der Waals surface area (Å²) >= 11 is 0. The Balaban J connectivity index is 2.13. The van der Waals surface area contributed by atoms with Gasteiger partial charge in [0.2, 0.25) is 0 Å². The molecule has 2 aromatic carbocycles. The number of esters is 1. The van der Waals surface area contributed by atoms with Gasteiger partial charge in [0.25, 0.3) is 0 Å². The number of Topliss-reactive ketones (excluding diaryl/α,β-unsaturated/α-hetero) is 1. The van der Waals surface area contributed by atoms with Gasteiger partial charge >= 0.3 is 5.97 Å². The van der Waals surface area contributed by atoms with Crippen LogP contribution in [0.25, 0.3) is 11.1 Å². The van der Waals surface area contributed by atoms with Crippen molar-refractivity contribution in [1.29, 1.82) is 0 Å². The molecule has 0 amide bonds. The van der Waals surface area contributed by atoms with E-state index < -0.39 is 0 Å². The van der Waals surface area contributed by atoms with E-state index in [-0.39, 0.29) is 17.7 Å². The van der Waals surface area contributed by atoms with Gasteiger partial charge in [-0.15, -0.1) is 0 Å². The summed E-state index contributed by atoms with van der Waals surface area (Å²) < 4.78 is 4.75. The third-order valence-corrected chi connectivity index (χ3v) is 3.97. The second-order valence-electron chi connectivity index (χ2n) is 5.38. The first-order chi connectivity index (χ1) is 10.1. The SMILES string of the molecule is COC(=O)c1cccc(-c2cccc3c2C(=O)C(C)C3)c1. The van der Waals surface area contributed by atoms with Gasteiger partial charge in [0.15, 0.2) is 5.78 Å². The molecule has 3 nitrogen and oxygen atoms in total. The van der Waals surface area contributed by atoms with E-state index in [2.05, 4.69) is 0 Å². The molecule has 0 spiro atoms. The van der Waals surface area contributed by atoms with Crippen LogP contribution in [0, 0.1) is 5.92 Å². The number of fused-ring (bicyclic) bond motifs is 1. The van der Waals surface area contributed by atoms with Crippen molar-refractivity contribution in [3.63, 3.8) is 0 Å². The van der Waals surface area contributed by atoms with Gasteiger partial charge < -0.3 is 4.74 Å². The summed E-state index contributed by atoms with van der Waals surface area (Å²) in [6.07, 6.45) is 0.790. The van der Waals surface area contributed by atoms with E-state index in [1.807, 2.05) is 37.3 Å². The van der Waals surface area contributed by atoms with Crippen LogP contribution in [0.2, 0.25) is 0 Å². The highest BCUT2D eigenvalue weighted by Crippen LogP contribution is 2.35. The van der Waals surface area contributed by atoms with Crippen molar-refractivity contribution in [2.24, 2.45) is 5.92 Å². The number of carbonyl (C=O) groups is 2. The number of carbonyl (C=O) groups excluding carboxylic acids is 2. The van der Waals surface area contributed by atoms with Crippen LogP contribution < -0.4 is 0 Å². The lowest BCUT2D eigenvalue weighted by atomic mass is 9.95. The third kappa shape index (κ3) is 2.25. The van der Waals surface area contributed by atoms with E-state index in [9.17, 15) is 9.59 Å². The number of methoxy groups -OCH3 is 1. The van der Waals surface area contributed by atoms with Crippen LogP contribution in [-0.4, -0.2) is 18.9 Å². The standard InChI is InChI=1S/C18H16O3/c1-11-9-13-6-4-8-15(16(13)17(11)19)12-5-3-7-14(10-12)18(20)21-2/h3-8,10-11H,9H2,1-2H3. The first-order valence-electron chi connectivity index (χ1n) is 6.96. The van der Waals surface area contributed by atoms with Gasteiger partial charge in [-0.1, -0.05) is 37.3 Å². The average Bonchev–Trinajstić information content (AvgIpc) is 2.81. The molecule has 1 atom stereocenters. The molecule has 3 heteroatoms. The maximum absolute atomic E-state index is 12.4. The topological polar surface area (TPSA) is 43.4 Å². The molecular weight excluding hydrogens is 264 g/mol. The van der Waals surface area contributed by atoms with E-state index in [4.69, 9.17) is 4.74 Å². The highest BCUT2D eigenvalue weighted by Gasteiger charge is 2.29. The molecule has 2 aromatic rings. The first kappa shape index (κ1) is 13.6. The molecule has 0 radical (unpaired) electrons. The number of rotatable bonds is 2. The number of benzene rings is 2. The van der Waals surface area contributed by atoms with E-state index in [0.29, 0.717) is 5.56 Å². The Morgan fingerprint density at radius 3 is 2.71 bits per heavy atom. The molecule has 0 aromatic heterocycles. The minimum atomic E-state index is -0.371. The molecular formula is C18H16O3. The minimum absolute atomic E-state index is 0.0324. The average molecular weight is 280 g/mol. The normalized spacial score (nSPS) is 16.7. The molecule has 0 fully saturated rings. The molecule has 21 heavy (non-hydrogen) atoms. The lowest BCUT2D eigenvalue weighted by molar-refractivity contribution is 0.0600. The molecule has 1 unspecified atom stereocenters. The predicted octanol–water partition coefficient (Wildman–Crippen LogP) is 3.52. The Morgan fingerprint density at radius 1 is 1.19 bits per heavy atom. The first-order valence-corrected chi connectivity index (χ1v) is 6.96. The minimum Gasteiger partial charge on any atom is -0.465 e. The smallest absolute Gasteiger partial charge is 0.337 e. The summed E-state index contributed by atoms with van der Waals surface area (Å²) in [5, 5.41) is 0. The fourth-order valence-electron chi connectivity index (χ4n) is 2.90. The highest BCUT2D eigenvalue weighted by atomic mass is 16.5. The molecule has 0 N–H and O–H groups in total. The van der Waals surface area contributed by atoms with Gasteiger partial charge in [-0.3, -0.25) is 4.79 Å². The summed E-state index contributed by atoms with van der Waals surface area (Å²) in [4.78, 5) is 24.0. The fraction of sp³-hybridized carbons (Fsp3) is 0.222. The fourth-order valence-corrected chi connectivity index (χ4v) is 2.90. The zero-order chi connectivity index (χ0) is 15.0. The van der Waals surface area contributed by atoms with Crippen LogP contribution in [0.5, 0.6) is 0 Å². The van der Waals surface area contributed by atoms with Crippen LogP contribution in [0.1, 0.15) is 33.2 Å². The molecule has 0 heterocycles. The van der Waals surface area contributed by atoms with Crippen molar-refractivity contribution in [2.45, 2.75) is 13.3 Å². The maximum atomic E-state index is 12.4. The van der Waals surface area contributed by atoms with Crippen LogP contribution in [0.4, 0.5) is 0 Å². The number of hydrogen-bond donors (Lipinski definition) is 0. The zero-order valence-electron chi connectivity index (χ0n) is 12.1. The Bertz CT molecular complexity index is 731. The van der Waals surface area contributed by atoms with Crippen molar-refractivity contribution < 1.29 is 14.3 Å². The Labute approximate surface area is 123 Å². The molecule has 1 aliphatic carbocycles. The van der Waals surface area contributed by atoms with Crippen molar-refractivity contribution in [1.82, 2.24) is 0 Å². The van der Waals surface area contributed by atoms with Gasteiger partial charge in [0.1, 0.15) is 0 Å². The van der Waals surface area contributed by atoms with Crippen LogP contribution in [-0.2, 0) is 11.2 Å². The monoisotopic (exact) mass is 280 g/mol. The van der Waals surface area contributed by atoms with Gasteiger partial charge in [0, 0.05) is 11.5 Å². The molecule has 0 saturated heterocycles. The van der Waals surface area contributed by atoms with Gasteiger partial charge in [-0.25, -0.2) is 4.79 Å². The molecule has 106 valence electrons. The molecule has 0 bridgehead atoms. The van der Waals surface area contributed by atoms with Crippen molar-refractivity contribution >= 4 is 11.8 Å². The van der Waals surface area contributed by atoms with Gasteiger partial charge in [-0.2, -0.15) is 0 Å². The van der Waals surface area contributed by atoms with Gasteiger partial charge in [0.05, 0.1) is 12.7 Å². The lowest BCUT2D eigenvalue weighted by Gasteiger charge is -2.09. The largest absolute Gasteiger partial charge is 0.465 e. The molecule has 0 saturated carbocycles. The van der Waals surface area contributed by atoms with Crippen molar-refractivity contribution in [2.75, 3.05) is 7.11 Å². The Kier molecular flexibility index (Phi) is 3.34. The predicted molar refractivity (Wildman–Crippen MR) is 80.4 cm³/mol. The zero-order valence-corrected chi connectivity index (χ0v) is 12.1. The van der Waals surface area contributed by atoms with Crippen LogP contribution in [0.15, 0.2) is 42.5 Å².